The van der Waals surface area contributed by atoms with E-state index in [2.05, 4.69) is 15.2 Å². The first-order valence-corrected chi connectivity index (χ1v) is 4.51. The first-order chi connectivity index (χ1) is 6.75. The van der Waals surface area contributed by atoms with Crippen molar-refractivity contribution in [2.45, 2.75) is 6.42 Å². The molecule has 0 radical (unpaired) electrons. The third kappa shape index (κ3) is 1.85. The fourth-order valence-corrected chi connectivity index (χ4v) is 1.40. The first kappa shape index (κ1) is 9.02. The van der Waals surface area contributed by atoms with Crippen LogP contribution in [0.2, 0.25) is 5.02 Å². The number of nitrogens with one attached hydrogen (secondary N) is 1. The number of nitrogen functional groups attached to an aromatic ring is 1. The Balaban J connectivity index is 2.25. The van der Waals surface area contributed by atoms with E-state index in [9.17, 15) is 0 Å². The van der Waals surface area contributed by atoms with Crippen LogP contribution in [0, 0.1) is 0 Å². The number of hydrogen-bond acceptors (Lipinski definition) is 3. The molecule has 1 heterocycles. The summed E-state index contributed by atoms with van der Waals surface area (Å²) in [5.41, 5.74) is 7.46. The topological polar surface area (TPSA) is 67.6 Å². The van der Waals surface area contributed by atoms with Crippen molar-refractivity contribution in [3.8, 4) is 0 Å². The highest BCUT2D eigenvalue weighted by Gasteiger charge is 2.03. The quantitative estimate of drug-likeness (QED) is 0.738. The van der Waals surface area contributed by atoms with Crippen molar-refractivity contribution >= 4 is 17.3 Å². The largest absolute Gasteiger partial charge is 0.398 e. The van der Waals surface area contributed by atoms with Crippen molar-refractivity contribution < 1.29 is 0 Å². The van der Waals surface area contributed by atoms with E-state index in [0.29, 0.717) is 17.1 Å². The second-order valence-corrected chi connectivity index (χ2v) is 3.39. The Hall–Kier alpha value is -1.55. The Kier molecular flexibility index (Phi) is 2.37. The minimum atomic E-state index is 0.642. The maximum absolute atomic E-state index is 5.79. The summed E-state index contributed by atoms with van der Waals surface area (Å²) in [6.45, 7) is 0. The summed E-state index contributed by atoms with van der Waals surface area (Å²) in [4.78, 5) is 4.02. The summed E-state index contributed by atoms with van der Waals surface area (Å²) in [7, 11) is 0. The monoisotopic (exact) mass is 208 g/mol. The van der Waals surface area contributed by atoms with Gasteiger partial charge in [-0.25, -0.2) is 4.98 Å². The third-order valence-electron chi connectivity index (χ3n) is 1.93. The second kappa shape index (κ2) is 3.67. The van der Waals surface area contributed by atoms with E-state index < -0.39 is 0 Å². The van der Waals surface area contributed by atoms with Crippen LogP contribution in [0.5, 0.6) is 0 Å². The van der Waals surface area contributed by atoms with Crippen LogP contribution in [0.25, 0.3) is 0 Å². The molecule has 0 unspecified atom stereocenters. The van der Waals surface area contributed by atoms with Crippen molar-refractivity contribution in [1.29, 1.82) is 0 Å². The molecule has 2 aromatic rings. The van der Waals surface area contributed by atoms with Crippen LogP contribution in [0.3, 0.4) is 0 Å². The zero-order valence-electron chi connectivity index (χ0n) is 7.37. The van der Waals surface area contributed by atoms with Crippen molar-refractivity contribution in [1.82, 2.24) is 15.2 Å². The summed E-state index contributed by atoms with van der Waals surface area (Å²) in [6.07, 6.45) is 2.12. The number of hydrogen-bond donors (Lipinski definition) is 2. The number of H-pyrrole nitrogens is 1. The highest BCUT2D eigenvalue weighted by molar-refractivity contribution is 6.30. The molecule has 0 aliphatic carbocycles. The fourth-order valence-electron chi connectivity index (χ4n) is 1.22. The van der Waals surface area contributed by atoms with Gasteiger partial charge in [0.25, 0.3) is 0 Å². The lowest BCUT2D eigenvalue weighted by Gasteiger charge is -2.03. The number of halogens is 1. The number of anilines is 1. The molecule has 5 heteroatoms. The van der Waals surface area contributed by atoms with Crippen LogP contribution in [-0.4, -0.2) is 15.2 Å². The SMILES string of the molecule is Nc1cc(Cl)ccc1Cc1ncn[nH]1. The van der Waals surface area contributed by atoms with Crippen LogP contribution in [0.1, 0.15) is 11.4 Å². The van der Waals surface area contributed by atoms with E-state index >= 15 is 0 Å². The summed E-state index contributed by atoms with van der Waals surface area (Å²) in [5.74, 6) is 0.791. The molecular formula is C9H9ClN4. The lowest BCUT2D eigenvalue weighted by Crippen LogP contribution is -1.97. The molecule has 3 N–H and O–H groups in total. The van der Waals surface area contributed by atoms with Gasteiger partial charge in [0.1, 0.15) is 12.2 Å². The zero-order valence-corrected chi connectivity index (χ0v) is 8.12. The van der Waals surface area contributed by atoms with Gasteiger partial charge in [-0.15, -0.1) is 0 Å². The van der Waals surface area contributed by atoms with Gasteiger partial charge in [0, 0.05) is 17.1 Å². The van der Waals surface area contributed by atoms with E-state index in [1.807, 2.05) is 12.1 Å². The van der Waals surface area contributed by atoms with Crippen molar-refractivity contribution in [2.75, 3.05) is 5.73 Å². The fraction of sp³-hybridized carbons (Fsp3) is 0.111. The Morgan fingerprint density at radius 2 is 2.29 bits per heavy atom. The Morgan fingerprint density at radius 3 is 2.93 bits per heavy atom. The highest BCUT2D eigenvalue weighted by Crippen LogP contribution is 2.19. The lowest BCUT2D eigenvalue weighted by molar-refractivity contribution is 0.974. The molecule has 0 spiro atoms. The number of nitrogens with two attached hydrogens (primary N) is 1. The van der Waals surface area contributed by atoms with Gasteiger partial charge in [0.2, 0.25) is 0 Å². The van der Waals surface area contributed by atoms with Crippen LogP contribution in [0.4, 0.5) is 5.69 Å². The molecule has 0 saturated heterocycles. The van der Waals surface area contributed by atoms with E-state index in [1.54, 1.807) is 6.07 Å². The minimum absolute atomic E-state index is 0.642. The predicted octanol–water partition coefficient (Wildman–Crippen LogP) is 1.63. The van der Waals surface area contributed by atoms with Crippen LogP contribution >= 0.6 is 11.6 Å². The molecule has 0 aliphatic heterocycles. The average molecular weight is 209 g/mol. The van der Waals surface area contributed by atoms with Gasteiger partial charge in [-0.1, -0.05) is 17.7 Å². The summed E-state index contributed by atoms with van der Waals surface area (Å²) < 4.78 is 0. The Bertz CT molecular complexity index is 424. The van der Waals surface area contributed by atoms with E-state index in [0.717, 1.165) is 11.4 Å². The maximum Gasteiger partial charge on any atom is 0.137 e. The summed E-state index contributed by atoms with van der Waals surface area (Å²) >= 11 is 5.78. The minimum Gasteiger partial charge on any atom is -0.398 e. The van der Waals surface area contributed by atoms with Crippen LogP contribution in [-0.2, 0) is 6.42 Å². The van der Waals surface area contributed by atoms with Gasteiger partial charge in [-0.3, -0.25) is 5.10 Å². The number of aromatic amines is 1. The van der Waals surface area contributed by atoms with E-state index in [-0.39, 0.29) is 0 Å². The van der Waals surface area contributed by atoms with Gasteiger partial charge >= 0.3 is 0 Å². The normalized spacial score (nSPS) is 10.4. The molecule has 1 aromatic carbocycles. The zero-order chi connectivity index (χ0) is 9.97. The first-order valence-electron chi connectivity index (χ1n) is 4.14. The van der Waals surface area contributed by atoms with Crippen molar-refractivity contribution in [3.05, 3.63) is 40.9 Å². The maximum atomic E-state index is 5.79. The van der Waals surface area contributed by atoms with E-state index in [1.165, 1.54) is 6.33 Å². The Labute approximate surface area is 86.1 Å². The highest BCUT2D eigenvalue weighted by atomic mass is 35.5. The van der Waals surface area contributed by atoms with Crippen LogP contribution in [0.15, 0.2) is 24.5 Å². The molecule has 72 valence electrons. The molecule has 2 rings (SSSR count). The van der Waals surface area contributed by atoms with Crippen molar-refractivity contribution in [3.63, 3.8) is 0 Å². The molecule has 0 aliphatic rings. The van der Waals surface area contributed by atoms with Gasteiger partial charge in [-0.05, 0) is 17.7 Å². The van der Waals surface area contributed by atoms with Gasteiger partial charge in [0.05, 0.1) is 0 Å². The van der Waals surface area contributed by atoms with Gasteiger partial charge < -0.3 is 5.73 Å². The third-order valence-corrected chi connectivity index (χ3v) is 2.17. The predicted molar refractivity (Wildman–Crippen MR) is 55.1 cm³/mol. The Morgan fingerprint density at radius 1 is 1.43 bits per heavy atom. The summed E-state index contributed by atoms with van der Waals surface area (Å²) in [6, 6.07) is 5.43. The molecule has 4 nitrogen and oxygen atoms in total. The number of benzene rings is 1. The molecule has 0 bridgehead atoms. The summed E-state index contributed by atoms with van der Waals surface area (Å²) in [5, 5.41) is 7.18. The smallest absolute Gasteiger partial charge is 0.137 e. The lowest BCUT2D eigenvalue weighted by atomic mass is 10.1. The van der Waals surface area contributed by atoms with Gasteiger partial charge in [0.15, 0.2) is 0 Å². The van der Waals surface area contributed by atoms with E-state index in [4.69, 9.17) is 17.3 Å². The molecule has 0 amide bonds. The number of rotatable bonds is 2. The molecule has 0 atom stereocenters. The molecule has 14 heavy (non-hydrogen) atoms. The van der Waals surface area contributed by atoms with Crippen molar-refractivity contribution in [2.24, 2.45) is 0 Å². The number of nitrogens with zero attached hydrogens (tertiary/aromatic N) is 2. The molecule has 0 saturated carbocycles. The average Bonchev–Trinajstić information content (AvgIpc) is 2.62. The second-order valence-electron chi connectivity index (χ2n) is 2.95. The molecular weight excluding hydrogens is 200 g/mol. The molecule has 0 fully saturated rings. The van der Waals surface area contributed by atoms with Gasteiger partial charge in [-0.2, -0.15) is 5.10 Å². The standard InChI is InChI=1S/C9H9ClN4/c10-7-2-1-6(8(11)4-7)3-9-12-5-13-14-9/h1-2,4-5H,3,11H2,(H,12,13,14). The molecule has 1 aromatic heterocycles. The number of aromatic nitrogens is 3. The van der Waals surface area contributed by atoms with Crippen LogP contribution < -0.4 is 5.73 Å².